The molecule has 4 nitrogen and oxygen atoms in total. The minimum Gasteiger partial charge on any atom is -0.507 e. The zero-order valence-corrected chi connectivity index (χ0v) is 46.0. The number of hydrogen-bond donors (Lipinski definition) is 1. The Bertz CT molecular complexity index is 3710. The first-order valence-electron chi connectivity index (χ1n) is 27.4. The molecule has 10 rings (SSSR count). The van der Waals surface area contributed by atoms with Crippen LogP contribution in [0.15, 0.2) is 182 Å². The van der Waals surface area contributed by atoms with E-state index in [9.17, 15) is 9.22 Å². The molecule has 2 heterocycles. The van der Waals surface area contributed by atoms with Gasteiger partial charge in [-0.15, -0.1) is 23.8 Å². The number of aromatic hydroxyl groups is 1. The summed E-state index contributed by atoms with van der Waals surface area (Å²) < 4.78 is 29.9. The van der Waals surface area contributed by atoms with Gasteiger partial charge in [-0.1, -0.05) is 192 Å². The van der Waals surface area contributed by atoms with Gasteiger partial charge in [0, 0.05) is 37.1 Å². The van der Waals surface area contributed by atoms with Crippen molar-refractivity contribution >= 4 is 11.0 Å². The molecule has 0 saturated carbocycles. The number of aromatic nitrogens is 3. The SMILES string of the molecule is [2H]C([2H])([2H])c1cc(-c2c(C(C)(CC)CC)cccc2C(C)(CC)CC)ccc1-n1c(-c2cc(C)cc(C)c2O)nc2c(-c3[c-]c(-c4cc(-c5ccc(-c6ccccc6)cc5)ccn4)cc(-c4ccccc4)c3)cccc21.[Pt]. The van der Waals surface area contributed by atoms with Gasteiger partial charge < -0.3 is 5.11 Å². The van der Waals surface area contributed by atoms with Gasteiger partial charge in [0.15, 0.2) is 0 Å². The van der Waals surface area contributed by atoms with Gasteiger partial charge in [0.25, 0.3) is 0 Å². The molecule has 0 fully saturated rings. The van der Waals surface area contributed by atoms with Gasteiger partial charge in [-0.25, -0.2) is 4.98 Å². The summed E-state index contributed by atoms with van der Waals surface area (Å²) in [4.78, 5) is 10.4. The molecule has 0 bridgehead atoms. The molecule has 8 aromatic carbocycles. The van der Waals surface area contributed by atoms with Crippen molar-refractivity contribution in [2.75, 3.05) is 0 Å². The summed E-state index contributed by atoms with van der Waals surface area (Å²) in [5.41, 5.74) is 18.0. The largest absolute Gasteiger partial charge is 0.507 e. The van der Waals surface area contributed by atoms with Crippen molar-refractivity contribution in [3.05, 3.63) is 216 Å². The Morgan fingerprint density at radius 3 is 1.73 bits per heavy atom. The van der Waals surface area contributed by atoms with Crippen LogP contribution in [0.2, 0.25) is 0 Å². The number of aryl methyl sites for hydroxylation is 3. The molecule has 0 aliphatic rings. The maximum Gasteiger partial charge on any atom is 0.148 e. The van der Waals surface area contributed by atoms with Crippen LogP contribution in [0.25, 0.3) is 95.0 Å². The van der Waals surface area contributed by atoms with E-state index in [2.05, 4.69) is 157 Å². The number of para-hydroxylation sites is 1. The molecule has 5 heteroatoms. The third-order valence-electron chi connectivity index (χ3n) is 16.0. The summed E-state index contributed by atoms with van der Waals surface area (Å²) in [6, 6.07) is 64.2. The molecular formula is C69H66N3OPt-. The molecule has 0 unspecified atom stereocenters. The van der Waals surface area contributed by atoms with Crippen LogP contribution in [0.3, 0.4) is 0 Å². The maximum absolute atomic E-state index is 12.0. The number of imidazole rings is 1. The second-order valence-corrected chi connectivity index (χ2v) is 20.4. The Labute approximate surface area is 457 Å². The fraction of sp³-hybridized carbons (Fsp3) is 0.217. The zero-order valence-electron chi connectivity index (χ0n) is 46.8. The second-order valence-electron chi connectivity index (χ2n) is 20.4. The van der Waals surface area contributed by atoms with Gasteiger partial charge >= 0.3 is 0 Å². The Morgan fingerprint density at radius 2 is 1.11 bits per heavy atom. The molecule has 0 spiro atoms. The van der Waals surface area contributed by atoms with E-state index < -0.39 is 6.85 Å². The van der Waals surface area contributed by atoms with Gasteiger partial charge in [-0.2, -0.15) is 0 Å². The average molecular weight is 1150 g/mol. The third-order valence-corrected chi connectivity index (χ3v) is 16.0. The number of phenols is 1. The minimum atomic E-state index is -2.54. The topological polar surface area (TPSA) is 50.9 Å². The molecule has 0 radical (unpaired) electrons. The summed E-state index contributed by atoms with van der Waals surface area (Å²) in [5, 5.41) is 12.0. The van der Waals surface area contributed by atoms with Crippen molar-refractivity contribution in [1.82, 2.24) is 14.5 Å². The van der Waals surface area contributed by atoms with Gasteiger partial charge in [-0.05, 0) is 154 Å². The molecule has 10 aromatic rings. The monoisotopic (exact) mass is 1150 g/mol. The van der Waals surface area contributed by atoms with Crippen molar-refractivity contribution < 1.29 is 30.3 Å². The van der Waals surface area contributed by atoms with Crippen LogP contribution >= 0.6 is 0 Å². The summed E-state index contributed by atoms with van der Waals surface area (Å²) in [7, 11) is 0. The Kier molecular flexibility index (Phi) is 13.8. The summed E-state index contributed by atoms with van der Waals surface area (Å²) in [5.74, 6) is 0.527. The molecule has 74 heavy (non-hydrogen) atoms. The molecule has 0 amide bonds. The molecule has 0 saturated heterocycles. The van der Waals surface area contributed by atoms with Crippen molar-refractivity contribution in [3.63, 3.8) is 0 Å². The van der Waals surface area contributed by atoms with E-state index in [1.165, 1.54) is 16.7 Å². The predicted octanol–water partition coefficient (Wildman–Crippen LogP) is 18.7. The number of hydrogen-bond acceptors (Lipinski definition) is 3. The number of phenolic OH excluding ortho intramolecular Hbond substituents is 1. The number of benzene rings is 8. The van der Waals surface area contributed by atoms with Crippen LogP contribution in [-0.4, -0.2) is 19.6 Å². The Balaban J connectivity index is 0.00000722. The van der Waals surface area contributed by atoms with Crippen molar-refractivity contribution in [2.45, 2.75) is 98.8 Å². The van der Waals surface area contributed by atoms with Crippen LogP contribution in [0, 0.1) is 26.8 Å². The van der Waals surface area contributed by atoms with Gasteiger partial charge in [0.05, 0.1) is 22.3 Å². The first-order valence-corrected chi connectivity index (χ1v) is 25.9. The molecule has 0 aliphatic heterocycles. The van der Waals surface area contributed by atoms with Crippen molar-refractivity contribution in [2.24, 2.45) is 0 Å². The Hall–Kier alpha value is -7.13. The molecule has 1 N–H and O–H groups in total. The van der Waals surface area contributed by atoms with Crippen LogP contribution in [0.4, 0.5) is 0 Å². The molecular weight excluding hydrogens is 1080 g/mol. The standard InChI is InChI=1S/C69H66N3O.Pt/c1-10-68(8,11-2)59-27-21-28-60(69(9,12-3)13-4)64(59)53-34-35-62(46(6)40-53)72-63-29-20-26-57(65(63)71-67(72)58-39-45(5)38-47(7)66(58)73)55-41-54(49-24-18-15-19-25-49)42-56(43-55)61-44-52(36-37-70-61)51-32-30-50(31-33-51)48-22-16-14-17-23-48;/h14-42,44,73H,10-13H2,1-9H3;/q-1;/i6D3;. The summed E-state index contributed by atoms with van der Waals surface area (Å²) >= 11 is 0. The van der Waals surface area contributed by atoms with Gasteiger partial charge in [0.1, 0.15) is 11.6 Å². The zero-order chi connectivity index (χ0) is 53.5. The van der Waals surface area contributed by atoms with E-state index in [0.717, 1.165) is 92.6 Å². The van der Waals surface area contributed by atoms with E-state index in [1.807, 2.05) is 91.3 Å². The molecule has 0 aliphatic carbocycles. The number of pyridine rings is 1. The van der Waals surface area contributed by atoms with Crippen LogP contribution < -0.4 is 0 Å². The molecule has 2 aromatic heterocycles. The molecule has 0 atom stereocenters. The first kappa shape index (κ1) is 47.8. The number of fused-ring (bicyclic) bond motifs is 1. The minimum absolute atomic E-state index is 0. The van der Waals surface area contributed by atoms with Crippen LogP contribution in [0.5, 0.6) is 5.75 Å². The van der Waals surface area contributed by atoms with E-state index in [1.54, 1.807) is 0 Å². The molecule has 374 valence electrons. The number of rotatable bonds is 14. The van der Waals surface area contributed by atoms with Gasteiger partial charge in [0.2, 0.25) is 0 Å². The van der Waals surface area contributed by atoms with E-state index in [4.69, 9.17) is 9.97 Å². The number of nitrogens with zero attached hydrogens (tertiary/aromatic N) is 3. The van der Waals surface area contributed by atoms with E-state index in [0.29, 0.717) is 33.7 Å². The van der Waals surface area contributed by atoms with Crippen molar-refractivity contribution in [1.29, 1.82) is 0 Å². The van der Waals surface area contributed by atoms with Crippen LogP contribution in [-0.2, 0) is 31.9 Å². The smallest absolute Gasteiger partial charge is 0.148 e. The van der Waals surface area contributed by atoms with Crippen LogP contribution in [0.1, 0.15) is 99.2 Å². The normalized spacial score (nSPS) is 12.5. The fourth-order valence-corrected chi connectivity index (χ4v) is 10.8. The summed E-state index contributed by atoms with van der Waals surface area (Å²) in [6.45, 7) is 15.0. The quantitative estimate of drug-likeness (QED) is 0.110. The van der Waals surface area contributed by atoms with E-state index in [-0.39, 0.29) is 43.2 Å². The average Bonchev–Trinajstić information content (AvgIpc) is 3.87. The predicted molar refractivity (Wildman–Crippen MR) is 307 cm³/mol. The van der Waals surface area contributed by atoms with Gasteiger partial charge in [-0.3, -0.25) is 9.55 Å². The third kappa shape index (κ3) is 9.62. The second kappa shape index (κ2) is 21.4. The summed E-state index contributed by atoms with van der Waals surface area (Å²) in [6.07, 6.45) is 5.60. The maximum atomic E-state index is 12.0. The Morgan fingerprint density at radius 1 is 0.541 bits per heavy atom. The van der Waals surface area contributed by atoms with Crippen molar-refractivity contribution in [3.8, 4) is 89.7 Å². The first-order chi connectivity index (χ1) is 36.6. The fourth-order valence-electron chi connectivity index (χ4n) is 10.8. The van der Waals surface area contributed by atoms with E-state index >= 15 is 0 Å².